The van der Waals surface area contributed by atoms with Gasteiger partial charge in [0.1, 0.15) is 5.75 Å². The summed E-state index contributed by atoms with van der Waals surface area (Å²) in [5, 5.41) is -0.198. The number of imide groups is 1. The molecule has 0 spiro atoms. The highest BCUT2D eigenvalue weighted by Crippen LogP contribution is 2.28. The van der Waals surface area contributed by atoms with Crippen molar-refractivity contribution in [3.05, 3.63) is 28.2 Å². The Morgan fingerprint density at radius 1 is 1.38 bits per heavy atom. The Kier molecular flexibility index (Phi) is 5.15. The van der Waals surface area contributed by atoms with E-state index in [2.05, 4.69) is 15.9 Å². The predicted octanol–water partition coefficient (Wildman–Crippen LogP) is 2.30. The maximum absolute atomic E-state index is 12.3. The number of carbonyl (C=O) groups excluding carboxylic acids is 3. The summed E-state index contributed by atoms with van der Waals surface area (Å²) in [5.41, 5.74) is 0.971. The number of thioether (sulfide) groups is 1. The number of ether oxygens (including phenoxy) is 1. The van der Waals surface area contributed by atoms with Crippen LogP contribution in [0.4, 0.5) is 4.79 Å². The first-order chi connectivity index (χ1) is 11.5. The molecule has 0 aliphatic carbocycles. The van der Waals surface area contributed by atoms with Gasteiger partial charge in [-0.1, -0.05) is 27.7 Å². The normalized spacial score (nSPS) is 18.1. The lowest BCUT2D eigenvalue weighted by molar-refractivity contribution is -0.142. The quantitative estimate of drug-likeness (QED) is 0.741. The van der Waals surface area contributed by atoms with Gasteiger partial charge >= 0.3 is 0 Å². The Bertz CT molecular complexity index is 675. The van der Waals surface area contributed by atoms with Gasteiger partial charge in [-0.2, -0.15) is 0 Å². The van der Waals surface area contributed by atoms with Crippen molar-refractivity contribution in [2.75, 3.05) is 26.0 Å². The predicted molar refractivity (Wildman–Crippen MR) is 94.1 cm³/mol. The maximum atomic E-state index is 12.3. The number of halogens is 1. The van der Waals surface area contributed by atoms with Gasteiger partial charge in [0.05, 0.1) is 18.9 Å². The Labute approximate surface area is 152 Å². The van der Waals surface area contributed by atoms with Crippen molar-refractivity contribution in [3.8, 4) is 5.75 Å². The second-order valence-corrected chi connectivity index (χ2v) is 7.57. The first kappa shape index (κ1) is 17.3. The molecule has 8 heteroatoms. The van der Waals surface area contributed by atoms with Crippen LogP contribution in [0.2, 0.25) is 0 Å². The lowest BCUT2D eigenvalue weighted by Crippen LogP contribution is -2.62. The molecule has 0 atom stereocenters. The molecule has 3 amide bonds. The van der Waals surface area contributed by atoms with Gasteiger partial charge in [0, 0.05) is 24.0 Å². The van der Waals surface area contributed by atoms with Crippen LogP contribution >= 0.6 is 27.7 Å². The molecule has 0 unspecified atom stereocenters. The average Bonchev–Trinajstić information content (AvgIpc) is 2.84. The van der Waals surface area contributed by atoms with Gasteiger partial charge in [-0.05, 0) is 30.2 Å². The highest BCUT2D eigenvalue weighted by Gasteiger charge is 2.43. The molecule has 2 heterocycles. The third-order valence-electron chi connectivity index (χ3n) is 4.22. The Hall–Kier alpha value is -1.54. The first-order valence-electron chi connectivity index (χ1n) is 7.58. The zero-order chi connectivity index (χ0) is 17.3. The monoisotopic (exact) mass is 412 g/mol. The smallest absolute Gasteiger partial charge is 0.289 e. The lowest BCUT2D eigenvalue weighted by Gasteiger charge is -2.42. The average molecular weight is 413 g/mol. The van der Waals surface area contributed by atoms with Crippen molar-refractivity contribution in [1.82, 2.24) is 9.80 Å². The molecule has 0 radical (unpaired) electrons. The molecule has 24 heavy (non-hydrogen) atoms. The highest BCUT2D eigenvalue weighted by atomic mass is 79.9. The molecule has 128 valence electrons. The third-order valence-corrected chi connectivity index (χ3v) is 5.54. The van der Waals surface area contributed by atoms with Crippen LogP contribution < -0.4 is 4.74 Å². The van der Waals surface area contributed by atoms with Gasteiger partial charge in [-0.3, -0.25) is 19.3 Å². The van der Waals surface area contributed by atoms with Crippen molar-refractivity contribution in [2.24, 2.45) is 0 Å². The Balaban J connectivity index is 1.52. The summed E-state index contributed by atoms with van der Waals surface area (Å²) >= 11 is 4.45. The van der Waals surface area contributed by atoms with Gasteiger partial charge in [0.15, 0.2) is 0 Å². The van der Waals surface area contributed by atoms with E-state index in [4.69, 9.17) is 4.74 Å². The third kappa shape index (κ3) is 3.44. The molecular weight excluding hydrogens is 396 g/mol. The number of likely N-dealkylation sites (tertiary alicyclic amines) is 1. The molecule has 2 aliphatic heterocycles. The number of carbonyl (C=O) groups is 3. The summed E-state index contributed by atoms with van der Waals surface area (Å²) in [6.07, 6.45) is 0.955. The molecule has 6 nitrogen and oxygen atoms in total. The fourth-order valence-corrected chi connectivity index (χ4v) is 4.07. The van der Waals surface area contributed by atoms with Crippen LogP contribution in [0.15, 0.2) is 22.7 Å². The molecular formula is C16H17BrN2O4S. The van der Waals surface area contributed by atoms with E-state index in [1.165, 1.54) is 4.90 Å². The molecule has 2 saturated heterocycles. The van der Waals surface area contributed by atoms with E-state index in [9.17, 15) is 14.4 Å². The molecule has 3 rings (SSSR count). The first-order valence-corrected chi connectivity index (χ1v) is 9.36. The van der Waals surface area contributed by atoms with Crippen molar-refractivity contribution in [2.45, 2.75) is 18.9 Å². The minimum absolute atomic E-state index is 0.0278. The SMILES string of the molecule is COc1ccc(Br)cc1CCC(=O)N1CC(N2C(=O)CSC2=O)C1. The Morgan fingerprint density at radius 2 is 2.12 bits per heavy atom. The summed E-state index contributed by atoms with van der Waals surface area (Å²) in [4.78, 5) is 38.6. The minimum atomic E-state index is -0.198. The van der Waals surface area contributed by atoms with E-state index in [-0.39, 0.29) is 28.8 Å². The number of amides is 3. The van der Waals surface area contributed by atoms with E-state index >= 15 is 0 Å². The van der Waals surface area contributed by atoms with Crippen molar-refractivity contribution < 1.29 is 19.1 Å². The molecule has 1 aromatic rings. The van der Waals surface area contributed by atoms with Crippen LogP contribution in [0.1, 0.15) is 12.0 Å². The van der Waals surface area contributed by atoms with Gasteiger partial charge in [0.25, 0.3) is 5.24 Å². The largest absolute Gasteiger partial charge is 0.496 e. The molecule has 0 saturated carbocycles. The summed E-state index contributed by atoms with van der Waals surface area (Å²) in [6.45, 7) is 0.874. The zero-order valence-electron chi connectivity index (χ0n) is 13.2. The van der Waals surface area contributed by atoms with E-state index in [0.29, 0.717) is 25.9 Å². The van der Waals surface area contributed by atoms with E-state index in [1.807, 2.05) is 18.2 Å². The lowest BCUT2D eigenvalue weighted by atomic mass is 10.0. The molecule has 1 aromatic carbocycles. The van der Waals surface area contributed by atoms with Gasteiger partial charge in [-0.15, -0.1) is 0 Å². The van der Waals surface area contributed by atoms with Crippen molar-refractivity contribution in [3.63, 3.8) is 0 Å². The zero-order valence-corrected chi connectivity index (χ0v) is 15.6. The summed E-state index contributed by atoms with van der Waals surface area (Å²) < 4.78 is 6.25. The molecule has 2 aliphatic rings. The van der Waals surface area contributed by atoms with Gasteiger partial charge < -0.3 is 9.64 Å². The topological polar surface area (TPSA) is 66.9 Å². The fraction of sp³-hybridized carbons (Fsp3) is 0.438. The van der Waals surface area contributed by atoms with E-state index in [1.54, 1.807) is 12.0 Å². The Morgan fingerprint density at radius 3 is 2.75 bits per heavy atom. The van der Waals surface area contributed by atoms with Crippen molar-refractivity contribution >= 4 is 44.7 Å². The number of hydrogen-bond acceptors (Lipinski definition) is 5. The van der Waals surface area contributed by atoms with Crippen LogP contribution in [0.25, 0.3) is 0 Å². The second-order valence-electron chi connectivity index (χ2n) is 5.73. The molecule has 0 bridgehead atoms. The number of benzene rings is 1. The fourth-order valence-electron chi connectivity index (χ4n) is 2.88. The minimum Gasteiger partial charge on any atom is -0.496 e. The standard InChI is InChI=1S/C16H17BrN2O4S/c1-23-13-4-3-11(17)6-10(13)2-5-14(20)18-7-12(8-18)19-15(21)9-24-16(19)22/h3-4,6,12H,2,5,7-9H2,1H3. The number of methoxy groups -OCH3 is 1. The van der Waals surface area contributed by atoms with Crippen LogP contribution in [0, 0.1) is 0 Å². The number of nitrogens with zero attached hydrogens (tertiary/aromatic N) is 2. The van der Waals surface area contributed by atoms with Gasteiger partial charge in [-0.25, -0.2) is 0 Å². The van der Waals surface area contributed by atoms with Crippen molar-refractivity contribution in [1.29, 1.82) is 0 Å². The second kappa shape index (κ2) is 7.14. The molecule has 0 aromatic heterocycles. The summed E-state index contributed by atoms with van der Waals surface area (Å²) in [5.74, 6) is 0.852. The maximum Gasteiger partial charge on any atom is 0.289 e. The number of hydrogen-bond donors (Lipinski definition) is 0. The van der Waals surface area contributed by atoms with Crippen LogP contribution in [-0.2, 0) is 16.0 Å². The van der Waals surface area contributed by atoms with E-state index in [0.717, 1.165) is 27.5 Å². The van der Waals surface area contributed by atoms with E-state index < -0.39 is 0 Å². The van der Waals surface area contributed by atoms with Crippen LogP contribution in [0.3, 0.4) is 0 Å². The molecule has 0 N–H and O–H groups in total. The molecule has 2 fully saturated rings. The van der Waals surface area contributed by atoms with Gasteiger partial charge in [0.2, 0.25) is 11.8 Å². The number of rotatable bonds is 5. The highest BCUT2D eigenvalue weighted by molar-refractivity contribution is 9.10. The van der Waals surface area contributed by atoms with Crippen LogP contribution in [0.5, 0.6) is 5.75 Å². The summed E-state index contributed by atoms with van der Waals surface area (Å²) in [7, 11) is 1.61. The van der Waals surface area contributed by atoms with Crippen LogP contribution in [-0.4, -0.2) is 58.8 Å². The number of aryl methyl sites for hydroxylation is 1. The summed E-state index contributed by atoms with van der Waals surface area (Å²) in [6, 6.07) is 5.55.